The summed E-state index contributed by atoms with van der Waals surface area (Å²) in [5.74, 6) is 0.883. The number of halogens is 3. The van der Waals surface area contributed by atoms with E-state index >= 15 is 0 Å². The van der Waals surface area contributed by atoms with Crippen LogP contribution in [0, 0.1) is 11.8 Å². The molecule has 0 spiro atoms. The predicted octanol–water partition coefficient (Wildman–Crippen LogP) is 4.38. The van der Waals surface area contributed by atoms with Gasteiger partial charge in [-0.1, -0.05) is 38.3 Å². The van der Waals surface area contributed by atoms with Gasteiger partial charge in [0.25, 0.3) is 0 Å². The van der Waals surface area contributed by atoms with Crippen LogP contribution in [0.15, 0.2) is 29.1 Å². The van der Waals surface area contributed by atoms with Gasteiger partial charge in [0.1, 0.15) is 0 Å². The zero-order valence-electron chi connectivity index (χ0n) is 18.6. The summed E-state index contributed by atoms with van der Waals surface area (Å²) in [5.41, 5.74) is -1.03. The fourth-order valence-electron chi connectivity index (χ4n) is 4.36. The lowest BCUT2D eigenvalue weighted by molar-refractivity contribution is -0.137. The average molecular weight is 453 g/mol. The Morgan fingerprint density at radius 1 is 1.22 bits per heavy atom. The third-order valence-electron chi connectivity index (χ3n) is 6.30. The monoisotopic (exact) mass is 452 g/mol. The van der Waals surface area contributed by atoms with Crippen LogP contribution in [0.4, 0.5) is 13.2 Å². The average Bonchev–Trinajstić information content (AvgIpc) is 3.06. The van der Waals surface area contributed by atoms with Gasteiger partial charge in [0.15, 0.2) is 5.82 Å². The van der Waals surface area contributed by atoms with Gasteiger partial charge in [-0.2, -0.15) is 13.2 Å². The normalized spacial score (nSPS) is 19.2. The first-order valence-electron chi connectivity index (χ1n) is 11.3. The Labute approximate surface area is 185 Å². The van der Waals surface area contributed by atoms with Crippen molar-refractivity contribution in [1.82, 2.24) is 19.7 Å². The van der Waals surface area contributed by atoms with Gasteiger partial charge in [-0.05, 0) is 43.7 Å². The van der Waals surface area contributed by atoms with Crippen LogP contribution in [-0.4, -0.2) is 26.8 Å². The number of carbonyl (C=O) groups excluding carboxylic acids is 1. The second-order valence-electron chi connectivity index (χ2n) is 8.62. The zero-order chi connectivity index (χ0) is 23.3. The quantitative estimate of drug-likeness (QED) is 0.646. The maximum absolute atomic E-state index is 13.0. The van der Waals surface area contributed by atoms with Crippen LogP contribution in [0.3, 0.4) is 0 Å². The fourth-order valence-corrected chi connectivity index (χ4v) is 4.36. The van der Waals surface area contributed by atoms with Crippen molar-refractivity contribution in [2.75, 3.05) is 6.54 Å². The van der Waals surface area contributed by atoms with Crippen LogP contribution in [-0.2, 0) is 24.6 Å². The summed E-state index contributed by atoms with van der Waals surface area (Å²) in [4.78, 5) is 25.0. The van der Waals surface area contributed by atoms with Crippen LogP contribution in [0.5, 0.6) is 0 Å². The van der Waals surface area contributed by atoms with Crippen molar-refractivity contribution in [3.05, 3.63) is 40.3 Å². The standard InChI is InChI=1S/C23H31F3N4O2/c1-3-4-6-16-9-11-17(12-10-16)21(31)27-13-14-30-22(32)29(2)20(28-30)18-7-5-8-19(15-18)23(24,25)26/h5,7-8,15-17H,3-4,6,9-14H2,1-2H3,(H,27,31). The number of carbonyl (C=O) groups is 1. The number of alkyl halides is 3. The highest BCUT2D eigenvalue weighted by Crippen LogP contribution is 2.32. The van der Waals surface area contributed by atoms with Gasteiger partial charge in [0.2, 0.25) is 5.91 Å². The van der Waals surface area contributed by atoms with Gasteiger partial charge in [-0.15, -0.1) is 5.10 Å². The zero-order valence-corrected chi connectivity index (χ0v) is 18.6. The number of aromatic nitrogens is 3. The summed E-state index contributed by atoms with van der Waals surface area (Å²) < 4.78 is 41.4. The molecule has 0 unspecified atom stereocenters. The Balaban J connectivity index is 1.57. The second kappa shape index (κ2) is 10.4. The molecule has 32 heavy (non-hydrogen) atoms. The molecule has 0 bridgehead atoms. The molecule has 1 aliphatic carbocycles. The van der Waals surface area contributed by atoms with Gasteiger partial charge in [0.05, 0.1) is 12.1 Å². The van der Waals surface area contributed by atoms with Gasteiger partial charge in [-0.3, -0.25) is 9.36 Å². The van der Waals surface area contributed by atoms with Crippen molar-refractivity contribution >= 4 is 5.91 Å². The molecule has 0 radical (unpaired) electrons. The Hall–Kier alpha value is -2.58. The first-order chi connectivity index (χ1) is 15.2. The summed E-state index contributed by atoms with van der Waals surface area (Å²) >= 11 is 0. The first-order valence-corrected chi connectivity index (χ1v) is 11.3. The number of amides is 1. The smallest absolute Gasteiger partial charge is 0.354 e. The molecule has 9 heteroatoms. The lowest BCUT2D eigenvalue weighted by Gasteiger charge is -2.27. The molecule has 1 heterocycles. The molecule has 1 aromatic carbocycles. The van der Waals surface area contributed by atoms with Crippen LogP contribution in [0.1, 0.15) is 57.4 Å². The van der Waals surface area contributed by atoms with E-state index in [-0.39, 0.29) is 36.3 Å². The van der Waals surface area contributed by atoms with E-state index in [0.29, 0.717) is 0 Å². The van der Waals surface area contributed by atoms with Gasteiger partial charge in [0, 0.05) is 25.1 Å². The molecule has 1 saturated carbocycles. The summed E-state index contributed by atoms with van der Waals surface area (Å²) in [5, 5.41) is 7.09. The van der Waals surface area contributed by atoms with Gasteiger partial charge in [-0.25, -0.2) is 9.48 Å². The van der Waals surface area contributed by atoms with E-state index in [1.807, 2.05) is 0 Å². The van der Waals surface area contributed by atoms with E-state index in [9.17, 15) is 22.8 Å². The SMILES string of the molecule is CCCCC1CCC(C(=O)NCCn2nc(-c3cccc(C(F)(F)F)c3)n(C)c2=O)CC1. The Morgan fingerprint density at radius 2 is 1.94 bits per heavy atom. The summed E-state index contributed by atoms with van der Waals surface area (Å²) in [6.07, 6.45) is 3.15. The minimum atomic E-state index is -4.48. The lowest BCUT2D eigenvalue weighted by Crippen LogP contribution is -2.36. The highest BCUT2D eigenvalue weighted by molar-refractivity contribution is 5.78. The molecule has 3 rings (SSSR count). The Bertz CT molecular complexity index is 972. The van der Waals surface area contributed by atoms with Crippen molar-refractivity contribution in [1.29, 1.82) is 0 Å². The van der Waals surface area contributed by atoms with Crippen molar-refractivity contribution in [2.45, 2.75) is 64.6 Å². The van der Waals surface area contributed by atoms with E-state index in [1.54, 1.807) is 0 Å². The number of unbranched alkanes of at least 4 members (excludes halogenated alkanes) is 1. The molecule has 1 fully saturated rings. The van der Waals surface area contributed by atoms with E-state index in [2.05, 4.69) is 17.3 Å². The number of benzene rings is 1. The molecule has 1 aromatic heterocycles. The predicted molar refractivity (Wildman–Crippen MR) is 116 cm³/mol. The molecule has 1 aliphatic rings. The Kier molecular flexibility index (Phi) is 7.79. The maximum Gasteiger partial charge on any atom is 0.416 e. The lowest BCUT2D eigenvalue weighted by atomic mass is 9.79. The molecular weight excluding hydrogens is 421 g/mol. The fraction of sp³-hybridized carbons (Fsp3) is 0.609. The topological polar surface area (TPSA) is 68.9 Å². The van der Waals surface area contributed by atoms with Gasteiger partial charge < -0.3 is 5.32 Å². The molecular formula is C23H31F3N4O2. The summed E-state index contributed by atoms with van der Waals surface area (Å²) in [6, 6.07) is 4.73. The number of nitrogens with zero attached hydrogens (tertiary/aromatic N) is 3. The molecule has 0 saturated heterocycles. The van der Waals surface area contributed by atoms with E-state index in [1.165, 1.54) is 47.7 Å². The molecule has 6 nitrogen and oxygen atoms in total. The van der Waals surface area contributed by atoms with Crippen LogP contribution in [0.2, 0.25) is 0 Å². The molecule has 1 N–H and O–H groups in total. The van der Waals surface area contributed by atoms with E-state index in [4.69, 9.17) is 0 Å². The first kappa shape index (κ1) is 24.1. The van der Waals surface area contributed by atoms with Crippen LogP contribution < -0.4 is 11.0 Å². The third-order valence-corrected chi connectivity index (χ3v) is 6.30. The van der Waals surface area contributed by atoms with Crippen molar-refractivity contribution in [2.24, 2.45) is 18.9 Å². The number of hydrogen-bond donors (Lipinski definition) is 1. The van der Waals surface area contributed by atoms with Crippen molar-refractivity contribution < 1.29 is 18.0 Å². The summed E-state index contributed by atoms with van der Waals surface area (Å²) in [7, 11) is 1.47. The molecule has 176 valence electrons. The van der Waals surface area contributed by atoms with Gasteiger partial charge >= 0.3 is 11.9 Å². The van der Waals surface area contributed by atoms with Crippen LogP contribution >= 0.6 is 0 Å². The molecule has 0 atom stereocenters. The number of rotatable bonds is 8. The summed E-state index contributed by atoms with van der Waals surface area (Å²) in [6.45, 7) is 2.59. The highest BCUT2D eigenvalue weighted by Gasteiger charge is 2.31. The Morgan fingerprint density at radius 3 is 2.59 bits per heavy atom. The largest absolute Gasteiger partial charge is 0.416 e. The van der Waals surface area contributed by atoms with E-state index < -0.39 is 17.4 Å². The minimum absolute atomic E-state index is 0.000948. The van der Waals surface area contributed by atoms with E-state index in [0.717, 1.165) is 43.7 Å². The highest BCUT2D eigenvalue weighted by atomic mass is 19.4. The number of nitrogens with one attached hydrogen (secondary N) is 1. The molecule has 0 aliphatic heterocycles. The molecule has 1 amide bonds. The van der Waals surface area contributed by atoms with Crippen molar-refractivity contribution in [3.8, 4) is 11.4 Å². The minimum Gasteiger partial charge on any atom is -0.354 e. The van der Waals surface area contributed by atoms with Crippen LogP contribution in [0.25, 0.3) is 11.4 Å². The third kappa shape index (κ3) is 5.81. The molecule has 2 aromatic rings. The maximum atomic E-state index is 13.0. The number of hydrogen-bond acceptors (Lipinski definition) is 3. The van der Waals surface area contributed by atoms with Crippen molar-refractivity contribution in [3.63, 3.8) is 0 Å². The second-order valence-corrected chi connectivity index (χ2v) is 8.62.